The molecular formula is C15H14N4O6S. The first-order chi connectivity index (χ1) is 12.3. The van der Waals surface area contributed by atoms with Gasteiger partial charge in [0.1, 0.15) is 24.2 Å². The van der Waals surface area contributed by atoms with Gasteiger partial charge in [-0.3, -0.25) is 0 Å². The molecule has 2 aromatic rings. The van der Waals surface area contributed by atoms with Gasteiger partial charge in [0.25, 0.3) is 0 Å². The normalized spacial score (nSPS) is 13.1. The average Bonchev–Trinajstić information content (AvgIpc) is 2.95. The lowest BCUT2D eigenvalue weighted by Gasteiger charge is -2.21. The van der Waals surface area contributed by atoms with E-state index in [0.717, 1.165) is 11.7 Å². The molecule has 3 rings (SSSR count). The molecule has 0 amide bonds. The first-order valence-corrected chi connectivity index (χ1v) is 8.78. The van der Waals surface area contributed by atoms with Crippen molar-refractivity contribution in [2.24, 2.45) is 5.14 Å². The van der Waals surface area contributed by atoms with Crippen LogP contribution in [0.15, 0.2) is 23.2 Å². The molecule has 0 radical (unpaired) electrons. The molecule has 0 fully saturated rings. The number of nitriles is 1. The van der Waals surface area contributed by atoms with Crippen LogP contribution < -0.4 is 20.3 Å². The lowest BCUT2D eigenvalue weighted by molar-refractivity contribution is 0.0593. The predicted molar refractivity (Wildman–Crippen MR) is 88.6 cm³/mol. The lowest BCUT2D eigenvalue weighted by atomic mass is 10.2. The van der Waals surface area contributed by atoms with E-state index >= 15 is 0 Å². The van der Waals surface area contributed by atoms with Crippen LogP contribution in [-0.4, -0.2) is 39.3 Å². The summed E-state index contributed by atoms with van der Waals surface area (Å²) in [4.78, 5) is 11.8. The van der Waals surface area contributed by atoms with Crippen molar-refractivity contribution < 1.29 is 27.4 Å². The highest BCUT2D eigenvalue weighted by Crippen LogP contribution is 2.38. The van der Waals surface area contributed by atoms with Crippen molar-refractivity contribution >= 4 is 21.7 Å². The maximum Gasteiger partial charge on any atom is 0.357 e. The monoisotopic (exact) mass is 378 g/mol. The van der Waals surface area contributed by atoms with Crippen LogP contribution >= 0.6 is 0 Å². The van der Waals surface area contributed by atoms with Crippen LogP contribution in [0.5, 0.6) is 11.5 Å². The first-order valence-electron chi connectivity index (χ1n) is 7.24. The highest BCUT2D eigenvalue weighted by molar-refractivity contribution is 7.89. The summed E-state index contributed by atoms with van der Waals surface area (Å²) >= 11 is 0. The fraction of sp³-hybridized carbons (Fsp3) is 0.200. The van der Waals surface area contributed by atoms with Gasteiger partial charge in [-0.25, -0.2) is 18.4 Å². The predicted octanol–water partition coefficient (Wildman–Crippen LogP) is 0.136. The van der Waals surface area contributed by atoms with Crippen LogP contribution in [0.3, 0.4) is 0 Å². The van der Waals surface area contributed by atoms with Crippen LogP contribution in [-0.2, 0) is 14.8 Å². The van der Waals surface area contributed by atoms with Gasteiger partial charge in [0.15, 0.2) is 17.2 Å². The standard InChI is InChI=1S/C15H14N4O6S/c1-23-15(20)14-13(17)8(6-16)7-19(14)9-4-10-11(25-3-2-24-10)5-12(9)26(18,21)22/h4-5,7H,2-3,17H2,1H3,(H2,18,21,22). The van der Waals surface area contributed by atoms with Gasteiger partial charge in [0, 0.05) is 18.3 Å². The number of methoxy groups -OCH3 is 1. The van der Waals surface area contributed by atoms with E-state index < -0.39 is 16.0 Å². The zero-order valence-electron chi connectivity index (χ0n) is 13.6. The highest BCUT2D eigenvalue weighted by Gasteiger charge is 2.28. The van der Waals surface area contributed by atoms with Gasteiger partial charge in [-0.05, 0) is 0 Å². The Bertz CT molecular complexity index is 1050. The Morgan fingerprint density at radius 3 is 2.46 bits per heavy atom. The number of hydrogen-bond acceptors (Lipinski definition) is 8. The summed E-state index contributed by atoms with van der Waals surface area (Å²) in [6, 6.07) is 4.38. The summed E-state index contributed by atoms with van der Waals surface area (Å²) in [7, 11) is -3.07. The van der Waals surface area contributed by atoms with Crippen LogP contribution in [0.1, 0.15) is 16.1 Å². The fourth-order valence-electron chi connectivity index (χ4n) is 2.58. The summed E-state index contributed by atoms with van der Waals surface area (Å²) < 4.78 is 40.8. The van der Waals surface area contributed by atoms with Gasteiger partial charge in [-0.15, -0.1) is 0 Å². The maximum absolute atomic E-state index is 12.1. The van der Waals surface area contributed by atoms with E-state index in [2.05, 4.69) is 4.74 Å². The zero-order valence-corrected chi connectivity index (χ0v) is 14.4. The minimum Gasteiger partial charge on any atom is -0.486 e. The topological polar surface area (TPSA) is 160 Å². The Labute approximate surface area is 148 Å². The summed E-state index contributed by atoms with van der Waals surface area (Å²) in [5.41, 5.74) is 5.45. The maximum atomic E-state index is 12.1. The number of fused-ring (bicyclic) bond motifs is 1. The van der Waals surface area contributed by atoms with Gasteiger partial charge in [-0.2, -0.15) is 5.26 Å². The largest absolute Gasteiger partial charge is 0.486 e. The van der Waals surface area contributed by atoms with E-state index in [-0.39, 0.29) is 52.2 Å². The molecule has 136 valence electrons. The number of nitrogens with two attached hydrogens (primary N) is 2. The van der Waals surface area contributed by atoms with Crippen molar-refractivity contribution in [1.82, 2.24) is 4.57 Å². The van der Waals surface area contributed by atoms with Crippen molar-refractivity contribution in [2.75, 3.05) is 26.1 Å². The fourth-order valence-corrected chi connectivity index (χ4v) is 3.30. The smallest absolute Gasteiger partial charge is 0.357 e. The van der Waals surface area contributed by atoms with E-state index in [1.807, 2.05) is 6.07 Å². The quantitative estimate of drug-likeness (QED) is 0.713. The number of anilines is 1. The van der Waals surface area contributed by atoms with Gasteiger partial charge < -0.3 is 24.5 Å². The van der Waals surface area contributed by atoms with Crippen molar-refractivity contribution in [1.29, 1.82) is 5.26 Å². The molecule has 1 aliphatic rings. The molecule has 1 aromatic carbocycles. The number of nitrogen functional groups attached to an aromatic ring is 1. The second-order valence-electron chi connectivity index (χ2n) is 5.29. The number of hydrogen-bond donors (Lipinski definition) is 2. The number of primary sulfonamides is 1. The Morgan fingerprint density at radius 2 is 1.92 bits per heavy atom. The second kappa shape index (κ2) is 6.25. The SMILES string of the molecule is COC(=O)c1c(N)c(C#N)cn1-c1cc2c(cc1S(N)(=O)=O)OCCO2. The number of esters is 1. The molecule has 26 heavy (non-hydrogen) atoms. The van der Waals surface area contributed by atoms with Crippen LogP contribution in [0, 0.1) is 11.3 Å². The number of carbonyl (C=O) groups is 1. The number of aromatic nitrogens is 1. The van der Waals surface area contributed by atoms with Crippen LogP contribution in [0.2, 0.25) is 0 Å². The van der Waals surface area contributed by atoms with E-state index in [4.69, 9.17) is 20.3 Å². The minimum atomic E-state index is -4.21. The Morgan fingerprint density at radius 1 is 1.31 bits per heavy atom. The molecule has 0 unspecified atom stereocenters. The number of ether oxygens (including phenoxy) is 3. The third-order valence-electron chi connectivity index (χ3n) is 3.73. The third kappa shape index (κ3) is 2.81. The van der Waals surface area contributed by atoms with E-state index in [9.17, 15) is 18.5 Å². The molecule has 10 nitrogen and oxygen atoms in total. The number of sulfonamides is 1. The number of rotatable bonds is 3. The second-order valence-corrected chi connectivity index (χ2v) is 6.82. The van der Waals surface area contributed by atoms with Gasteiger partial charge >= 0.3 is 5.97 Å². The molecule has 0 saturated carbocycles. The van der Waals surface area contributed by atoms with Crippen molar-refractivity contribution in [3.63, 3.8) is 0 Å². The van der Waals surface area contributed by atoms with Gasteiger partial charge in [-0.1, -0.05) is 0 Å². The molecule has 0 aliphatic carbocycles. The van der Waals surface area contributed by atoms with Crippen molar-refractivity contribution in [3.05, 3.63) is 29.6 Å². The first kappa shape index (κ1) is 17.6. The molecule has 11 heteroatoms. The lowest BCUT2D eigenvalue weighted by Crippen LogP contribution is -2.20. The van der Waals surface area contributed by atoms with Gasteiger partial charge in [0.2, 0.25) is 10.0 Å². The minimum absolute atomic E-state index is 0.0228. The molecule has 1 aromatic heterocycles. The van der Waals surface area contributed by atoms with Crippen LogP contribution in [0.25, 0.3) is 5.69 Å². The Balaban J connectivity index is 2.37. The summed E-state index contributed by atoms with van der Waals surface area (Å²) in [6.07, 6.45) is 1.22. The highest BCUT2D eigenvalue weighted by atomic mass is 32.2. The Kier molecular flexibility index (Phi) is 4.23. The van der Waals surface area contributed by atoms with Crippen LogP contribution in [0.4, 0.5) is 5.69 Å². The van der Waals surface area contributed by atoms with E-state index in [1.165, 1.54) is 18.3 Å². The summed E-state index contributed by atoms with van der Waals surface area (Å²) in [5.74, 6) is -0.385. The molecular weight excluding hydrogens is 364 g/mol. The average molecular weight is 378 g/mol. The molecule has 2 heterocycles. The number of nitrogens with zero attached hydrogens (tertiary/aromatic N) is 2. The van der Waals surface area contributed by atoms with Crippen molar-refractivity contribution in [3.8, 4) is 23.3 Å². The number of carbonyl (C=O) groups excluding carboxylic acids is 1. The Hall–Kier alpha value is -3.23. The summed E-state index contributed by atoms with van der Waals surface area (Å²) in [6.45, 7) is 0.515. The third-order valence-corrected chi connectivity index (χ3v) is 4.67. The summed E-state index contributed by atoms with van der Waals surface area (Å²) in [5, 5.41) is 14.5. The van der Waals surface area contributed by atoms with Gasteiger partial charge in [0.05, 0.1) is 24.0 Å². The molecule has 0 spiro atoms. The number of benzene rings is 1. The molecule has 0 saturated heterocycles. The molecule has 0 bridgehead atoms. The van der Waals surface area contributed by atoms with E-state index in [0.29, 0.717) is 0 Å². The van der Waals surface area contributed by atoms with E-state index in [1.54, 1.807) is 0 Å². The zero-order chi connectivity index (χ0) is 19.1. The molecule has 0 atom stereocenters. The molecule has 1 aliphatic heterocycles. The van der Waals surface area contributed by atoms with Crippen molar-refractivity contribution in [2.45, 2.75) is 4.90 Å². The molecule has 4 N–H and O–H groups in total.